The van der Waals surface area contributed by atoms with Gasteiger partial charge in [0.1, 0.15) is 0 Å². The molecule has 2 heterocycles. The second kappa shape index (κ2) is 5.49. The fourth-order valence-corrected chi connectivity index (χ4v) is 1.88. The van der Waals surface area contributed by atoms with Crippen LogP contribution in [0.25, 0.3) is 0 Å². The zero-order valence-corrected chi connectivity index (χ0v) is 9.35. The van der Waals surface area contributed by atoms with Gasteiger partial charge in [0.15, 0.2) is 0 Å². The van der Waals surface area contributed by atoms with E-state index in [-0.39, 0.29) is 6.03 Å². The third-order valence-corrected chi connectivity index (χ3v) is 2.79. The van der Waals surface area contributed by atoms with E-state index in [0.29, 0.717) is 6.54 Å². The first kappa shape index (κ1) is 10.9. The lowest BCUT2D eigenvalue weighted by Crippen LogP contribution is -2.42. The molecule has 4 heteroatoms. The number of pyridine rings is 1. The molecule has 1 aliphatic rings. The number of carbonyl (C=O) groups is 1. The van der Waals surface area contributed by atoms with Crippen molar-refractivity contribution in [3.8, 4) is 0 Å². The molecule has 0 aliphatic carbocycles. The highest BCUT2D eigenvalue weighted by Crippen LogP contribution is 2.08. The van der Waals surface area contributed by atoms with Crippen LogP contribution in [-0.2, 0) is 6.54 Å². The Kier molecular flexibility index (Phi) is 3.75. The highest BCUT2D eigenvalue weighted by Gasteiger charge is 2.15. The van der Waals surface area contributed by atoms with Gasteiger partial charge in [-0.15, -0.1) is 0 Å². The van der Waals surface area contributed by atoms with Crippen LogP contribution in [0, 0.1) is 0 Å². The molecular formula is C12H17N3O. The normalized spacial score (nSPS) is 15.9. The first-order valence-electron chi connectivity index (χ1n) is 5.79. The SMILES string of the molecule is O=C(NCc1ccccn1)N1CCCCC1. The molecule has 0 radical (unpaired) electrons. The summed E-state index contributed by atoms with van der Waals surface area (Å²) in [5.41, 5.74) is 0.896. The van der Waals surface area contributed by atoms with E-state index in [1.807, 2.05) is 23.1 Å². The molecule has 0 unspecified atom stereocenters. The smallest absolute Gasteiger partial charge is 0.317 e. The van der Waals surface area contributed by atoms with E-state index in [4.69, 9.17) is 0 Å². The summed E-state index contributed by atoms with van der Waals surface area (Å²) in [6.45, 7) is 2.28. The molecule has 2 rings (SSSR count). The van der Waals surface area contributed by atoms with E-state index in [1.165, 1.54) is 6.42 Å². The van der Waals surface area contributed by atoms with E-state index in [9.17, 15) is 4.79 Å². The van der Waals surface area contributed by atoms with E-state index in [2.05, 4.69) is 10.3 Å². The second-order valence-electron chi connectivity index (χ2n) is 4.03. The predicted octanol–water partition coefficient (Wildman–Crippen LogP) is 1.78. The van der Waals surface area contributed by atoms with Crippen molar-refractivity contribution in [1.29, 1.82) is 0 Å². The molecule has 1 saturated heterocycles. The van der Waals surface area contributed by atoms with Crippen LogP contribution < -0.4 is 5.32 Å². The molecule has 0 bridgehead atoms. The molecule has 2 amide bonds. The molecule has 0 saturated carbocycles. The number of hydrogen-bond donors (Lipinski definition) is 1. The molecule has 0 spiro atoms. The van der Waals surface area contributed by atoms with Crippen LogP contribution in [0.5, 0.6) is 0 Å². The summed E-state index contributed by atoms with van der Waals surface area (Å²) in [6, 6.07) is 5.74. The molecule has 1 aromatic heterocycles. The third kappa shape index (κ3) is 2.95. The Morgan fingerprint density at radius 2 is 2.12 bits per heavy atom. The van der Waals surface area contributed by atoms with Gasteiger partial charge in [0.25, 0.3) is 0 Å². The molecular weight excluding hydrogens is 202 g/mol. The molecule has 1 aromatic rings. The lowest BCUT2D eigenvalue weighted by Gasteiger charge is -2.26. The van der Waals surface area contributed by atoms with E-state index < -0.39 is 0 Å². The van der Waals surface area contributed by atoms with Gasteiger partial charge in [-0.25, -0.2) is 4.79 Å². The van der Waals surface area contributed by atoms with Crippen molar-refractivity contribution in [2.75, 3.05) is 13.1 Å². The van der Waals surface area contributed by atoms with Crippen molar-refractivity contribution in [1.82, 2.24) is 15.2 Å². The number of nitrogens with zero attached hydrogens (tertiary/aromatic N) is 2. The van der Waals surface area contributed by atoms with Gasteiger partial charge in [-0.2, -0.15) is 0 Å². The van der Waals surface area contributed by atoms with Crippen molar-refractivity contribution in [3.05, 3.63) is 30.1 Å². The van der Waals surface area contributed by atoms with Crippen LogP contribution >= 0.6 is 0 Å². The maximum atomic E-state index is 11.8. The van der Waals surface area contributed by atoms with Crippen molar-refractivity contribution in [3.63, 3.8) is 0 Å². The highest BCUT2D eigenvalue weighted by molar-refractivity contribution is 5.74. The van der Waals surface area contributed by atoms with Gasteiger partial charge >= 0.3 is 6.03 Å². The molecule has 0 atom stereocenters. The molecule has 1 fully saturated rings. The van der Waals surface area contributed by atoms with Crippen LogP contribution in [-0.4, -0.2) is 29.0 Å². The molecule has 4 nitrogen and oxygen atoms in total. The number of rotatable bonds is 2. The van der Waals surface area contributed by atoms with Gasteiger partial charge in [-0.1, -0.05) is 6.07 Å². The number of aromatic nitrogens is 1. The van der Waals surface area contributed by atoms with Crippen LogP contribution in [0.1, 0.15) is 25.0 Å². The minimum atomic E-state index is 0.0327. The number of nitrogens with one attached hydrogen (secondary N) is 1. The van der Waals surface area contributed by atoms with Gasteiger partial charge < -0.3 is 10.2 Å². The van der Waals surface area contributed by atoms with Gasteiger partial charge in [0.05, 0.1) is 12.2 Å². The summed E-state index contributed by atoms with van der Waals surface area (Å²) < 4.78 is 0. The van der Waals surface area contributed by atoms with Gasteiger partial charge in [0, 0.05) is 19.3 Å². The summed E-state index contributed by atoms with van der Waals surface area (Å²) in [4.78, 5) is 17.8. The summed E-state index contributed by atoms with van der Waals surface area (Å²) >= 11 is 0. The highest BCUT2D eigenvalue weighted by atomic mass is 16.2. The van der Waals surface area contributed by atoms with Crippen LogP contribution in [0.15, 0.2) is 24.4 Å². The van der Waals surface area contributed by atoms with Crippen LogP contribution in [0.3, 0.4) is 0 Å². The number of hydrogen-bond acceptors (Lipinski definition) is 2. The Morgan fingerprint density at radius 3 is 2.81 bits per heavy atom. The number of piperidine rings is 1. The molecule has 86 valence electrons. The Labute approximate surface area is 95.7 Å². The maximum absolute atomic E-state index is 11.8. The zero-order chi connectivity index (χ0) is 11.2. The Bertz CT molecular complexity index is 333. The van der Waals surface area contributed by atoms with Gasteiger partial charge in [-0.3, -0.25) is 4.98 Å². The van der Waals surface area contributed by atoms with Crippen LogP contribution in [0.2, 0.25) is 0 Å². The minimum absolute atomic E-state index is 0.0327. The standard InChI is InChI=1S/C12H17N3O/c16-12(15-8-4-1-5-9-15)14-10-11-6-2-3-7-13-11/h2-3,6-7H,1,4-5,8-10H2,(H,14,16). The lowest BCUT2D eigenvalue weighted by atomic mass is 10.1. The molecule has 1 N–H and O–H groups in total. The average Bonchev–Trinajstić information content (AvgIpc) is 2.38. The summed E-state index contributed by atoms with van der Waals surface area (Å²) in [7, 11) is 0. The number of amides is 2. The first-order chi connectivity index (χ1) is 7.86. The fraction of sp³-hybridized carbons (Fsp3) is 0.500. The minimum Gasteiger partial charge on any atom is -0.332 e. The Hall–Kier alpha value is -1.58. The summed E-state index contributed by atoms with van der Waals surface area (Å²) in [5.74, 6) is 0. The van der Waals surface area contributed by atoms with Crippen LogP contribution in [0.4, 0.5) is 4.79 Å². The maximum Gasteiger partial charge on any atom is 0.317 e. The van der Waals surface area contributed by atoms with Crippen molar-refractivity contribution < 1.29 is 4.79 Å². The van der Waals surface area contributed by atoms with E-state index >= 15 is 0 Å². The zero-order valence-electron chi connectivity index (χ0n) is 9.35. The van der Waals surface area contributed by atoms with Crippen molar-refractivity contribution in [2.45, 2.75) is 25.8 Å². The quantitative estimate of drug-likeness (QED) is 0.824. The third-order valence-electron chi connectivity index (χ3n) is 2.79. The monoisotopic (exact) mass is 219 g/mol. The van der Waals surface area contributed by atoms with Crippen molar-refractivity contribution in [2.24, 2.45) is 0 Å². The molecule has 0 aromatic carbocycles. The summed E-state index contributed by atoms with van der Waals surface area (Å²) in [5, 5.41) is 2.89. The first-order valence-corrected chi connectivity index (χ1v) is 5.79. The lowest BCUT2D eigenvalue weighted by molar-refractivity contribution is 0.186. The Balaban J connectivity index is 1.79. The number of carbonyl (C=O) groups excluding carboxylic acids is 1. The van der Waals surface area contributed by atoms with E-state index in [1.54, 1.807) is 6.20 Å². The number of likely N-dealkylation sites (tertiary alicyclic amines) is 1. The second-order valence-corrected chi connectivity index (χ2v) is 4.03. The predicted molar refractivity (Wildman–Crippen MR) is 61.9 cm³/mol. The van der Waals surface area contributed by atoms with Gasteiger partial charge in [-0.05, 0) is 31.4 Å². The average molecular weight is 219 g/mol. The molecule has 1 aliphatic heterocycles. The van der Waals surface area contributed by atoms with Gasteiger partial charge in [0.2, 0.25) is 0 Å². The topological polar surface area (TPSA) is 45.2 Å². The largest absolute Gasteiger partial charge is 0.332 e. The summed E-state index contributed by atoms with van der Waals surface area (Å²) in [6.07, 6.45) is 5.22. The molecule has 16 heavy (non-hydrogen) atoms. The van der Waals surface area contributed by atoms with E-state index in [0.717, 1.165) is 31.6 Å². The fourth-order valence-electron chi connectivity index (χ4n) is 1.88. The van der Waals surface area contributed by atoms with Crippen molar-refractivity contribution >= 4 is 6.03 Å². The number of urea groups is 1. The Morgan fingerprint density at radius 1 is 1.31 bits per heavy atom.